The van der Waals surface area contributed by atoms with Crippen LogP contribution in [0.15, 0.2) is 24.3 Å². The van der Waals surface area contributed by atoms with E-state index in [-0.39, 0.29) is 38.6 Å². The van der Waals surface area contributed by atoms with Gasteiger partial charge in [-0.2, -0.15) is 0 Å². The third-order valence-corrected chi connectivity index (χ3v) is 7.14. The number of esters is 2. The molecule has 0 amide bonds. The molecule has 0 fully saturated rings. The smallest absolute Gasteiger partial charge is 0.361 e. The fraction of sp³-hybridized carbons (Fsp3) is 0.806. The molecule has 0 aromatic rings. The van der Waals surface area contributed by atoms with Gasteiger partial charge in [0, 0.05) is 12.8 Å². The van der Waals surface area contributed by atoms with Crippen LogP contribution >= 0.6 is 0 Å². The van der Waals surface area contributed by atoms with Crippen molar-refractivity contribution in [2.75, 3.05) is 47.5 Å². The Labute approximate surface area is 274 Å². The minimum atomic E-state index is -1.51. The summed E-state index contributed by atoms with van der Waals surface area (Å²) >= 11 is 0. The third kappa shape index (κ3) is 30.2. The van der Waals surface area contributed by atoms with Crippen LogP contribution in [0.3, 0.4) is 0 Å². The number of nitrogens with zero attached hydrogens (tertiary/aromatic N) is 1. The van der Waals surface area contributed by atoms with E-state index in [2.05, 4.69) is 38.2 Å². The number of carbonyl (C=O) groups excluding carboxylic acids is 2. The van der Waals surface area contributed by atoms with Crippen molar-refractivity contribution in [1.82, 2.24) is 0 Å². The monoisotopic (exact) mass is 640 g/mol. The highest BCUT2D eigenvalue weighted by atomic mass is 16.7. The average Bonchev–Trinajstić information content (AvgIpc) is 2.98. The van der Waals surface area contributed by atoms with Crippen molar-refractivity contribution in [3.05, 3.63) is 24.3 Å². The Morgan fingerprint density at radius 3 is 1.64 bits per heavy atom. The van der Waals surface area contributed by atoms with E-state index in [9.17, 15) is 19.5 Å². The highest BCUT2D eigenvalue weighted by molar-refractivity contribution is 5.71. The van der Waals surface area contributed by atoms with Gasteiger partial charge in [0.25, 0.3) is 6.29 Å². The molecule has 0 saturated carbocycles. The van der Waals surface area contributed by atoms with Crippen LogP contribution in [0.25, 0.3) is 0 Å². The topological polar surface area (TPSA) is 108 Å². The Morgan fingerprint density at radius 2 is 1.13 bits per heavy atom. The minimum Gasteiger partial charge on any atom is -0.477 e. The molecule has 0 aromatic heterocycles. The molecule has 2 unspecified atom stereocenters. The maximum atomic E-state index is 12.6. The second-order valence-electron chi connectivity index (χ2n) is 12.8. The van der Waals surface area contributed by atoms with Gasteiger partial charge in [0.05, 0.1) is 34.4 Å². The van der Waals surface area contributed by atoms with E-state index in [4.69, 9.17) is 18.9 Å². The summed E-state index contributed by atoms with van der Waals surface area (Å²) < 4.78 is 22.5. The number of likely N-dealkylation sites (N-methyl/N-ethyl adjacent to an activating group) is 1. The molecule has 0 aromatic carbocycles. The van der Waals surface area contributed by atoms with E-state index in [0.29, 0.717) is 17.4 Å². The van der Waals surface area contributed by atoms with Gasteiger partial charge in [-0.1, -0.05) is 89.5 Å². The number of allylic oxidation sites excluding steroid dienone is 4. The molecule has 9 nitrogen and oxygen atoms in total. The van der Waals surface area contributed by atoms with E-state index in [1.54, 1.807) is 0 Å². The van der Waals surface area contributed by atoms with Gasteiger partial charge in [-0.05, 0) is 51.4 Å². The third-order valence-electron chi connectivity index (χ3n) is 7.14. The molecular weight excluding hydrogens is 574 g/mol. The van der Waals surface area contributed by atoms with Crippen molar-refractivity contribution >= 4 is 17.9 Å². The first-order chi connectivity index (χ1) is 21.6. The van der Waals surface area contributed by atoms with Crippen molar-refractivity contribution in [2.45, 2.75) is 142 Å². The summed E-state index contributed by atoms with van der Waals surface area (Å²) in [4.78, 5) is 36.7. The normalized spacial score (nSPS) is 13.4. The molecule has 0 rings (SSSR count). The number of hydrogen-bond donors (Lipinski definition) is 1. The van der Waals surface area contributed by atoms with Crippen molar-refractivity contribution in [2.24, 2.45) is 0 Å². The molecule has 45 heavy (non-hydrogen) atoms. The van der Waals surface area contributed by atoms with Gasteiger partial charge in [-0.25, -0.2) is 4.79 Å². The van der Waals surface area contributed by atoms with Crippen LogP contribution in [-0.4, -0.2) is 87.4 Å². The van der Waals surface area contributed by atoms with Gasteiger partial charge >= 0.3 is 17.9 Å². The van der Waals surface area contributed by atoms with Crippen LogP contribution in [-0.2, 0) is 33.3 Å². The highest BCUT2D eigenvalue weighted by Crippen LogP contribution is 2.12. The molecule has 262 valence electrons. The van der Waals surface area contributed by atoms with Gasteiger partial charge in [-0.15, -0.1) is 0 Å². The molecule has 0 radical (unpaired) electrons. The Bertz CT molecular complexity index is 805. The van der Waals surface area contributed by atoms with Crippen LogP contribution in [0.4, 0.5) is 0 Å². The van der Waals surface area contributed by atoms with E-state index in [0.717, 1.165) is 83.5 Å². The molecule has 1 N–H and O–H groups in total. The Hall–Kier alpha value is -2.23. The molecule has 0 spiro atoms. The van der Waals surface area contributed by atoms with Crippen molar-refractivity contribution in [3.63, 3.8) is 0 Å². The Kier molecular flexibility index (Phi) is 27.7. The lowest BCUT2D eigenvalue weighted by atomic mass is 10.1. The molecule has 0 aliphatic rings. The van der Waals surface area contributed by atoms with Crippen molar-refractivity contribution < 1.29 is 42.9 Å². The number of ether oxygens (including phenoxy) is 4. The first-order valence-electron chi connectivity index (χ1n) is 17.5. The quantitative estimate of drug-likeness (QED) is 0.0269. The second kappa shape index (κ2) is 29.2. The van der Waals surface area contributed by atoms with Gasteiger partial charge in [-0.3, -0.25) is 9.59 Å². The number of unbranched alkanes of at least 4 members (excludes halogenated alkanes) is 12. The molecule has 9 heteroatoms. The predicted octanol–water partition coefficient (Wildman–Crippen LogP) is 7.77. The summed E-state index contributed by atoms with van der Waals surface area (Å²) in [6, 6.07) is 0. The van der Waals surface area contributed by atoms with E-state index in [1.165, 1.54) is 12.8 Å². The highest BCUT2D eigenvalue weighted by Gasteiger charge is 2.25. The summed E-state index contributed by atoms with van der Waals surface area (Å²) in [6.45, 7) is 4.68. The van der Waals surface area contributed by atoms with Crippen molar-refractivity contribution in [3.8, 4) is 0 Å². The van der Waals surface area contributed by atoms with Crippen LogP contribution in [0.2, 0.25) is 0 Å². The minimum absolute atomic E-state index is 0.185. The summed E-state index contributed by atoms with van der Waals surface area (Å²) in [5, 5.41) is 9.54. The maximum Gasteiger partial charge on any atom is 0.361 e. The predicted molar refractivity (Wildman–Crippen MR) is 180 cm³/mol. The zero-order valence-corrected chi connectivity index (χ0v) is 29.3. The molecule has 0 aliphatic heterocycles. The number of carboxylic acid groups (broad SMARTS) is 1. The van der Waals surface area contributed by atoms with Crippen molar-refractivity contribution in [1.29, 1.82) is 0 Å². The van der Waals surface area contributed by atoms with E-state index >= 15 is 0 Å². The van der Waals surface area contributed by atoms with Crippen LogP contribution in [0.5, 0.6) is 0 Å². The zero-order chi connectivity index (χ0) is 33.6. The fourth-order valence-electron chi connectivity index (χ4n) is 4.37. The number of rotatable bonds is 31. The van der Waals surface area contributed by atoms with Crippen LogP contribution < -0.4 is 0 Å². The number of hydrogen-bond acceptors (Lipinski definition) is 7. The van der Waals surface area contributed by atoms with E-state index in [1.807, 2.05) is 21.1 Å². The summed E-state index contributed by atoms with van der Waals surface area (Å²) in [7, 11) is 5.93. The molecule has 0 bridgehead atoms. The Balaban J connectivity index is 4.63. The molecule has 0 heterocycles. The second-order valence-corrected chi connectivity index (χ2v) is 12.8. The first kappa shape index (κ1) is 42.8. The first-order valence-corrected chi connectivity index (χ1v) is 17.5. The SMILES string of the molecule is CCC/C=C\CCCCCCCC(=O)OCC(COC(OCC[N+](C)(C)C)C(=O)O)OC(=O)CCCCCCC/C=C\CCC. The summed E-state index contributed by atoms with van der Waals surface area (Å²) in [6.07, 6.45) is 23.9. The number of carboxylic acids is 1. The number of aliphatic carboxylic acids is 1. The number of carbonyl (C=O) groups is 3. The van der Waals surface area contributed by atoms with Gasteiger partial charge in [0.1, 0.15) is 13.2 Å². The lowest BCUT2D eigenvalue weighted by Crippen LogP contribution is -2.40. The fourth-order valence-corrected chi connectivity index (χ4v) is 4.37. The standard InChI is InChI=1S/C36H65NO8/c1-6-8-10-12-14-16-18-20-22-24-26-33(38)43-30-32(31-44-36(35(40)41)42-29-28-37(3,4)5)45-34(39)27-25-23-21-19-17-15-13-11-9-7-2/h10-13,32,36H,6-9,14-31H2,1-5H3/p+1/b12-10-,13-11-. The van der Waals surface area contributed by atoms with Crippen LogP contribution in [0, 0.1) is 0 Å². The van der Waals surface area contributed by atoms with Gasteiger partial charge in [0.15, 0.2) is 6.10 Å². The zero-order valence-electron chi connectivity index (χ0n) is 29.3. The lowest BCUT2D eigenvalue weighted by molar-refractivity contribution is -0.870. The van der Waals surface area contributed by atoms with Gasteiger partial charge < -0.3 is 28.5 Å². The van der Waals surface area contributed by atoms with E-state index < -0.39 is 24.3 Å². The average molecular weight is 641 g/mol. The van der Waals surface area contributed by atoms with Gasteiger partial charge in [0.2, 0.25) is 0 Å². The largest absolute Gasteiger partial charge is 0.477 e. The number of quaternary nitrogens is 1. The lowest BCUT2D eigenvalue weighted by Gasteiger charge is -2.25. The Morgan fingerprint density at radius 1 is 0.644 bits per heavy atom. The molecule has 0 aliphatic carbocycles. The molecule has 2 atom stereocenters. The summed E-state index contributed by atoms with van der Waals surface area (Å²) in [5.41, 5.74) is 0. The molecular formula is C36H66NO8+. The van der Waals surface area contributed by atoms with Crippen LogP contribution in [0.1, 0.15) is 129 Å². The maximum absolute atomic E-state index is 12.6. The molecule has 0 saturated heterocycles. The summed E-state index contributed by atoms with van der Waals surface area (Å²) in [5.74, 6) is -2.04.